The third-order valence-electron chi connectivity index (χ3n) is 4.07. The highest BCUT2D eigenvalue weighted by Crippen LogP contribution is 2.23. The Kier molecular flexibility index (Phi) is 5.21. The molecule has 0 bridgehead atoms. The maximum Gasteiger partial charge on any atom is 0.122 e. The average molecular weight is 322 g/mol. The highest BCUT2D eigenvalue weighted by molar-refractivity contribution is 5.59. The molecule has 24 heavy (non-hydrogen) atoms. The van der Waals surface area contributed by atoms with Crippen LogP contribution < -0.4 is 15.2 Å². The van der Waals surface area contributed by atoms with Crippen molar-refractivity contribution in [3.05, 3.63) is 65.2 Å². The van der Waals surface area contributed by atoms with Gasteiger partial charge in [0.25, 0.3) is 0 Å². The summed E-state index contributed by atoms with van der Waals surface area (Å²) in [7, 11) is 0. The highest BCUT2D eigenvalue weighted by Gasteiger charge is 2.16. The van der Waals surface area contributed by atoms with Gasteiger partial charge in [-0.3, -0.25) is 0 Å². The van der Waals surface area contributed by atoms with Gasteiger partial charge in [-0.1, -0.05) is 44.2 Å². The van der Waals surface area contributed by atoms with Crippen molar-refractivity contribution in [2.75, 3.05) is 24.7 Å². The van der Waals surface area contributed by atoms with Crippen molar-refractivity contribution < 1.29 is 4.74 Å². The van der Waals surface area contributed by atoms with Crippen LogP contribution in [-0.4, -0.2) is 19.7 Å². The predicted molar refractivity (Wildman–Crippen MR) is 101 cm³/mol. The first-order valence-corrected chi connectivity index (χ1v) is 8.61. The van der Waals surface area contributed by atoms with Crippen molar-refractivity contribution in [3.8, 4) is 5.75 Å². The molecule has 3 nitrogen and oxygen atoms in total. The molecule has 2 aromatic rings. The minimum atomic E-state index is 0.541. The Morgan fingerprint density at radius 3 is 2.67 bits per heavy atom. The summed E-state index contributed by atoms with van der Waals surface area (Å²) >= 11 is 0. The second kappa shape index (κ2) is 7.54. The van der Waals surface area contributed by atoms with Gasteiger partial charge in [0.15, 0.2) is 0 Å². The van der Waals surface area contributed by atoms with Crippen LogP contribution in [0.25, 0.3) is 6.08 Å². The monoisotopic (exact) mass is 322 g/mol. The highest BCUT2D eigenvalue weighted by atomic mass is 16.5. The van der Waals surface area contributed by atoms with Crippen molar-refractivity contribution >= 4 is 11.8 Å². The fourth-order valence-electron chi connectivity index (χ4n) is 2.82. The van der Waals surface area contributed by atoms with Crippen molar-refractivity contribution in [1.82, 2.24) is 5.43 Å². The predicted octanol–water partition coefficient (Wildman–Crippen LogP) is 4.44. The molecule has 1 heterocycles. The van der Waals surface area contributed by atoms with Gasteiger partial charge in [0.2, 0.25) is 0 Å². The lowest BCUT2D eigenvalue weighted by Gasteiger charge is -2.16. The van der Waals surface area contributed by atoms with Crippen LogP contribution in [0.1, 0.15) is 25.0 Å². The number of hydrogen-bond donors (Lipinski definition) is 1. The molecule has 126 valence electrons. The topological polar surface area (TPSA) is 24.5 Å². The van der Waals surface area contributed by atoms with E-state index in [0.717, 1.165) is 25.4 Å². The first-order chi connectivity index (χ1) is 11.6. The summed E-state index contributed by atoms with van der Waals surface area (Å²) in [4.78, 5) is 0. The number of aryl methyl sites for hydroxylation is 1. The van der Waals surface area contributed by atoms with Crippen molar-refractivity contribution in [2.24, 2.45) is 5.92 Å². The Hall–Kier alpha value is -2.26. The fourth-order valence-corrected chi connectivity index (χ4v) is 2.82. The summed E-state index contributed by atoms with van der Waals surface area (Å²) in [6.45, 7) is 9.01. The van der Waals surface area contributed by atoms with Gasteiger partial charge in [0.05, 0.1) is 18.8 Å². The molecule has 0 radical (unpaired) electrons. The maximum atomic E-state index is 5.86. The van der Waals surface area contributed by atoms with E-state index < -0.39 is 0 Å². The van der Waals surface area contributed by atoms with Crippen LogP contribution in [0.4, 0.5) is 5.69 Å². The Morgan fingerprint density at radius 2 is 1.96 bits per heavy atom. The molecule has 1 saturated heterocycles. The van der Waals surface area contributed by atoms with E-state index in [9.17, 15) is 0 Å². The third-order valence-corrected chi connectivity index (χ3v) is 4.07. The van der Waals surface area contributed by atoms with E-state index in [0.29, 0.717) is 5.92 Å². The van der Waals surface area contributed by atoms with E-state index in [4.69, 9.17) is 4.74 Å². The number of hydrogen-bond acceptors (Lipinski definition) is 3. The summed E-state index contributed by atoms with van der Waals surface area (Å²) < 4.78 is 5.86. The zero-order chi connectivity index (χ0) is 16.9. The SMILES string of the molecule is Cc1cc(/C=C2/CNN(c3ccccc3)C2)ccc1OCC(C)C. The van der Waals surface area contributed by atoms with E-state index in [1.165, 1.54) is 22.4 Å². The first kappa shape index (κ1) is 16.6. The van der Waals surface area contributed by atoms with E-state index in [1.54, 1.807) is 0 Å². The lowest BCUT2D eigenvalue weighted by atomic mass is 10.1. The van der Waals surface area contributed by atoms with E-state index in [1.807, 2.05) is 6.07 Å². The zero-order valence-electron chi connectivity index (χ0n) is 14.8. The lowest BCUT2D eigenvalue weighted by Crippen LogP contribution is -2.30. The Balaban J connectivity index is 1.67. The van der Waals surface area contributed by atoms with Gasteiger partial charge in [-0.2, -0.15) is 0 Å². The molecule has 3 rings (SSSR count). The average Bonchev–Trinajstić information content (AvgIpc) is 3.03. The molecular weight excluding hydrogens is 296 g/mol. The molecule has 3 heteroatoms. The van der Waals surface area contributed by atoms with Crippen LogP contribution in [0.3, 0.4) is 0 Å². The molecule has 0 amide bonds. The molecule has 0 spiro atoms. The molecule has 0 aliphatic carbocycles. The Bertz CT molecular complexity index is 707. The molecule has 1 fully saturated rings. The van der Waals surface area contributed by atoms with Crippen LogP contribution >= 0.6 is 0 Å². The number of hydrazine groups is 1. The molecule has 0 atom stereocenters. The number of ether oxygens (including phenoxy) is 1. The van der Waals surface area contributed by atoms with Crippen LogP contribution in [0.2, 0.25) is 0 Å². The Labute approximate surface area is 144 Å². The molecule has 1 aliphatic heterocycles. The molecule has 0 unspecified atom stereocenters. The summed E-state index contributed by atoms with van der Waals surface area (Å²) in [5.74, 6) is 1.53. The van der Waals surface area contributed by atoms with Crippen LogP contribution in [0.5, 0.6) is 5.75 Å². The molecular formula is C21H26N2O. The van der Waals surface area contributed by atoms with Gasteiger partial charge in [-0.15, -0.1) is 0 Å². The van der Waals surface area contributed by atoms with E-state index in [-0.39, 0.29) is 0 Å². The fraction of sp³-hybridized carbons (Fsp3) is 0.333. The molecule has 1 aliphatic rings. The summed E-state index contributed by atoms with van der Waals surface area (Å²) in [6, 6.07) is 16.9. The van der Waals surface area contributed by atoms with Gasteiger partial charge in [0.1, 0.15) is 5.75 Å². The van der Waals surface area contributed by atoms with Crippen LogP contribution in [0.15, 0.2) is 54.1 Å². The largest absolute Gasteiger partial charge is 0.493 e. The number of nitrogens with zero attached hydrogens (tertiary/aromatic N) is 1. The number of rotatable bonds is 5. The summed E-state index contributed by atoms with van der Waals surface area (Å²) in [5.41, 5.74) is 8.45. The minimum Gasteiger partial charge on any atom is -0.493 e. The van der Waals surface area contributed by atoms with Gasteiger partial charge in [0, 0.05) is 6.54 Å². The maximum absolute atomic E-state index is 5.86. The van der Waals surface area contributed by atoms with Crippen molar-refractivity contribution in [1.29, 1.82) is 0 Å². The minimum absolute atomic E-state index is 0.541. The van der Waals surface area contributed by atoms with Crippen LogP contribution in [0, 0.1) is 12.8 Å². The molecule has 2 aromatic carbocycles. The normalized spacial score (nSPS) is 16.2. The quantitative estimate of drug-likeness (QED) is 0.881. The smallest absolute Gasteiger partial charge is 0.122 e. The summed E-state index contributed by atoms with van der Waals surface area (Å²) in [6.07, 6.45) is 2.27. The molecule has 0 aromatic heterocycles. The van der Waals surface area contributed by atoms with Crippen LogP contribution in [-0.2, 0) is 0 Å². The van der Waals surface area contributed by atoms with Gasteiger partial charge in [-0.05, 0) is 53.8 Å². The first-order valence-electron chi connectivity index (χ1n) is 8.61. The lowest BCUT2D eigenvalue weighted by molar-refractivity contribution is 0.269. The molecule has 1 N–H and O–H groups in total. The van der Waals surface area contributed by atoms with E-state index in [2.05, 4.69) is 79.7 Å². The Morgan fingerprint density at radius 1 is 1.17 bits per heavy atom. The van der Waals surface area contributed by atoms with Crippen molar-refractivity contribution in [3.63, 3.8) is 0 Å². The van der Waals surface area contributed by atoms with E-state index >= 15 is 0 Å². The number of benzene rings is 2. The second-order valence-electron chi connectivity index (χ2n) is 6.79. The molecule has 0 saturated carbocycles. The number of anilines is 1. The third kappa shape index (κ3) is 4.18. The van der Waals surface area contributed by atoms with Gasteiger partial charge in [-0.25, -0.2) is 5.43 Å². The number of nitrogens with one attached hydrogen (secondary N) is 1. The number of para-hydroxylation sites is 1. The van der Waals surface area contributed by atoms with Gasteiger partial charge >= 0.3 is 0 Å². The zero-order valence-corrected chi connectivity index (χ0v) is 14.8. The standard InChI is InChI=1S/C21H26N2O/c1-16(2)15-24-21-10-9-18(11-17(21)3)12-19-13-22-23(14-19)20-7-5-4-6-8-20/h4-12,16,22H,13-15H2,1-3H3/b19-12-. The second-order valence-corrected chi connectivity index (χ2v) is 6.79. The summed E-state index contributed by atoms with van der Waals surface area (Å²) in [5, 5.41) is 2.19. The van der Waals surface area contributed by atoms with Crippen molar-refractivity contribution in [2.45, 2.75) is 20.8 Å². The van der Waals surface area contributed by atoms with Gasteiger partial charge < -0.3 is 9.75 Å².